The third-order valence-electron chi connectivity index (χ3n) is 4.33. The highest BCUT2D eigenvalue weighted by Crippen LogP contribution is 2.20. The molecule has 2 aliphatic heterocycles. The average Bonchev–Trinajstić information content (AvgIpc) is 2.54. The van der Waals surface area contributed by atoms with Gasteiger partial charge >= 0.3 is 6.03 Å². The van der Waals surface area contributed by atoms with Crippen LogP contribution in [0.4, 0.5) is 10.5 Å². The summed E-state index contributed by atoms with van der Waals surface area (Å²) in [7, 11) is 0. The molecule has 6 nitrogen and oxygen atoms in total. The monoisotopic (exact) mass is 316 g/mol. The number of urea groups is 1. The third-order valence-corrected chi connectivity index (χ3v) is 4.33. The van der Waals surface area contributed by atoms with Crippen LogP contribution < -0.4 is 15.5 Å². The zero-order valence-electron chi connectivity index (χ0n) is 13.7. The molecule has 2 N–H and O–H groups in total. The fourth-order valence-corrected chi connectivity index (χ4v) is 3.36. The number of nitrogens with one attached hydrogen (secondary N) is 2. The number of nitrogens with zero attached hydrogens (tertiary/aromatic N) is 2. The molecule has 2 saturated heterocycles. The molecule has 6 heteroatoms. The molecule has 3 rings (SSSR count). The van der Waals surface area contributed by atoms with E-state index in [0.717, 1.165) is 12.1 Å². The summed E-state index contributed by atoms with van der Waals surface area (Å²) in [5.74, 6) is 0.0319. The summed E-state index contributed by atoms with van der Waals surface area (Å²) < 4.78 is 0. The Balaban J connectivity index is 1.79. The van der Waals surface area contributed by atoms with Crippen molar-refractivity contribution < 1.29 is 9.59 Å². The summed E-state index contributed by atoms with van der Waals surface area (Å²) in [4.78, 5) is 28.3. The van der Waals surface area contributed by atoms with Crippen molar-refractivity contribution in [3.8, 4) is 0 Å². The Kier molecular flexibility index (Phi) is 4.52. The quantitative estimate of drug-likeness (QED) is 0.867. The third kappa shape index (κ3) is 3.47. The van der Waals surface area contributed by atoms with Crippen LogP contribution in [0.3, 0.4) is 0 Å². The maximum Gasteiger partial charge on any atom is 0.321 e. The highest BCUT2D eigenvalue weighted by molar-refractivity contribution is 5.98. The molecular weight excluding hydrogens is 292 g/mol. The minimum Gasteiger partial charge on any atom is -0.338 e. The van der Waals surface area contributed by atoms with Gasteiger partial charge in [-0.25, -0.2) is 4.79 Å². The molecule has 2 heterocycles. The maximum absolute atomic E-state index is 12.8. The van der Waals surface area contributed by atoms with Gasteiger partial charge in [-0.3, -0.25) is 9.69 Å². The number of hydrogen-bond donors (Lipinski definition) is 2. The fraction of sp³-hybridized carbons (Fsp3) is 0.529. The lowest BCUT2D eigenvalue weighted by atomic mass is 10.1. The van der Waals surface area contributed by atoms with Crippen LogP contribution in [0.1, 0.15) is 30.6 Å². The van der Waals surface area contributed by atoms with E-state index in [1.807, 2.05) is 29.2 Å². The van der Waals surface area contributed by atoms with Gasteiger partial charge in [-0.1, -0.05) is 6.07 Å². The number of carbonyl (C=O) groups excluding carboxylic acids is 2. The largest absolute Gasteiger partial charge is 0.338 e. The lowest BCUT2D eigenvalue weighted by Crippen LogP contribution is -2.55. The number of amides is 3. The van der Waals surface area contributed by atoms with Crippen LogP contribution in [0.5, 0.6) is 0 Å². The van der Waals surface area contributed by atoms with Gasteiger partial charge in [-0.2, -0.15) is 0 Å². The minimum atomic E-state index is -0.0923. The first-order valence-corrected chi connectivity index (χ1v) is 8.25. The molecule has 2 fully saturated rings. The van der Waals surface area contributed by atoms with E-state index in [-0.39, 0.29) is 11.9 Å². The fourth-order valence-electron chi connectivity index (χ4n) is 3.36. The number of rotatable bonds is 2. The first-order valence-electron chi connectivity index (χ1n) is 8.25. The number of carbonyl (C=O) groups is 2. The van der Waals surface area contributed by atoms with E-state index in [1.165, 1.54) is 0 Å². The molecule has 2 atom stereocenters. The lowest BCUT2D eigenvalue weighted by molar-refractivity contribution is 0.0674. The normalized spacial score (nSPS) is 25.2. The molecule has 3 amide bonds. The molecule has 23 heavy (non-hydrogen) atoms. The Hall–Kier alpha value is -2.08. The Morgan fingerprint density at radius 1 is 1.22 bits per heavy atom. The first kappa shape index (κ1) is 15.8. The molecule has 1 aromatic rings. The second kappa shape index (κ2) is 6.58. The molecular formula is C17H24N4O2. The molecule has 0 unspecified atom stereocenters. The Labute approximate surface area is 136 Å². The van der Waals surface area contributed by atoms with Gasteiger partial charge in [0.2, 0.25) is 0 Å². The highest BCUT2D eigenvalue weighted by Gasteiger charge is 2.26. The van der Waals surface area contributed by atoms with Crippen LogP contribution in [-0.2, 0) is 0 Å². The van der Waals surface area contributed by atoms with Crippen molar-refractivity contribution in [2.45, 2.75) is 32.4 Å². The van der Waals surface area contributed by atoms with Gasteiger partial charge in [-0.05, 0) is 38.5 Å². The lowest BCUT2D eigenvalue weighted by Gasteiger charge is -2.36. The van der Waals surface area contributed by atoms with Gasteiger partial charge in [0.1, 0.15) is 0 Å². The number of benzene rings is 1. The second-order valence-electron chi connectivity index (χ2n) is 6.47. The van der Waals surface area contributed by atoms with Crippen LogP contribution in [0.2, 0.25) is 0 Å². The molecule has 2 aliphatic rings. The van der Waals surface area contributed by atoms with E-state index in [2.05, 4.69) is 24.5 Å². The van der Waals surface area contributed by atoms with E-state index in [9.17, 15) is 9.59 Å². The Morgan fingerprint density at radius 2 is 1.96 bits per heavy atom. The summed E-state index contributed by atoms with van der Waals surface area (Å²) in [5, 5.41) is 6.27. The summed E-state index contributed by atoms with van der Waals surface area (Å²) in [6.07, 6.45) is 0.913. The second-order valence-corrected chi connectivity index (χ2v) is 6.47. The van der Waals surface area contributed by atoms with Crippen molar-refractivity contribution in [2.24, 2.45) is 0 Å². The first-order chi connectivity index (χ1) is 11.0. The van der Waals surface area contributed by atoms with Gasteiger partial charge in [0, 0.05) is 49.5 Å². The zero-order chi connectivity index (χ0) is 16.4. The van der Waals surface area contributed by atoms with E-state index >= 15 is 0 Å². The molecule has 0 saturated carbocycles. The summed E-state index contributed by atoms with van der Waals surface area (Å²) in [6, 6.07) is 7.86. The molecule has 0 aliphatic carbocycles. The van der Waals surface area contributed by atoms with Crippen molar-refractivity contribution in [1.82, 2.24) is 15.5 Å². The van der Waals surface area contributed by atoms with Gasteiger partial charge in [0.15, 0.2) is 0 Å². The standard InChI is InChI=1S/C17H24N4O2/c1-12-10-20(11-13(2)19-12)16(22)14-5-3-6-15(9-14)21-8-4-7-18-17(21)23/h3,5-6,9,12-13,19H,4,7-8,10-11H2,1-2H3,(H,18,23)/t12-,13-/m1/s1. The Bertz CT molecular complexity index is 594. The summed E-state index contributed by atoms with van der Waals surface area (Å²) in [5.41, 5.74) is 1.42. The molecule has 1 aromatic carbocycles. The maximum atomic E-state index is 12.8. The van der Waals surface area contributed by atoms with E-state index in [4.69, 9.17) is 0 Å². The van der Waals surface area contributed by atoms with Crippen LogP contribution in [0, 0.1) is 0 Å². The Morgan fingerprint density at radius 3 is 2.65 bits per heavy atom. The average molecular weight is 316 g/mol. The number of piperazine rings is 1. The predicted molar refractivity (Wildman–Crippen MR) is 89.8 cm³/mol. The zero-order valence-corrected chi connectivity index (χ0v) is 13.7. The van der Waals surface area contributed by atoms with Crippen LogP contribution in [0.25, 0.3) is 0 Å². The molecule has 124 valence electrons. The van der Waals surface area contributed by atoms with Crippen LogP contribution in [-0.4, -0.2) is 55.1 Å². The molecule has 0 radical (unpaired) electrons. The van der Waals surface area contributed by atoms with Gasteiger partial charge in [0.05, 0.1) is 0 Å². The highest BCUT2D eigenvalue weighted by atomic mass is 16.2. The number of anilines is 1. The van der Waals surface area contributed by atoms with E-state index in [1.54, 1.807) is 4.90 Å². The minimum absolute atomic E-state index is 0.0319. The predicted octanol–water partition coefficient (Wildman–Crippen LogP) is 1.43. The van der Waals surface area contributed by atoms with E-state index in [0.29, 0.717) is 43.8 Å². The topological polar surface area (TPSA) is 64.7 Å². The molecule has 0 spiro atoms. The smallest absolute Gasteiger partial charge is 0.321 e. The number of hydrogen-bond acceptors (Lipinski definition) is 3. The van der Waals surface area contributed by atoms with Crippen molar-refractivity contribution in [2.75, 3.05) is 31.1 Å². The molecule has 0 bridgehead atoms. The van der Waals surface area contributed by atoms with E-state index < -0.39 is 0 Å². The van der Waals surface area contributed by atoms with Crippen molar-refractivity contribution >= 4 is 17.6 Å². The van der Waals surface area contributed by atoms with Gasteiger partial charge in [0.25, 0.3) is 5.91 Å². The van der Waals surface area contributed by atoms with Crippen LogP contribution in [0.15, 0.2) is 24.3 Å². The van der Waals surface area contributed by atoms with Crippen molar-refractivity contribution in [1.29, 1.82) is 0 Å². The van der Waals surface area contributed by atoms with Gasteiger partial charge < -0.3 is 15.5 Å². The van der Waals surface area contributed by atoms with Gasteiger partial charge in [-0.15, -0.1) is 0 Å². The SMILES string of the molecule is C[C@@H]1CN(C(=O)c2cccc(N3CCCNC3=O)c2)C[C@@H](C)N1. The van der Waals surface area contributed by atoms with Crippen molar-refractivity contribution in [3.05, 3.63) is 29.8 Å². The summed E-state index contributed by atoms with van der Waals surface area (Å²) in [6.45, 7) is 6.99. The van der Waals surface area contributed by atoms with Crippen molar-refractivity contribution in [3.63, 3.8) is 0 Å². The summed E-state index contributed by atoms with van der Waals surface area (Å²) >= 11 is 0. The molecule has 0 aromatic heterocycles. The van der Waals surface area contributed by atoms with Crippen LogP contribution >= 0.6 is 0 Å².